The summed E-state index contributed by atoms with van der Waals surface area (Å²) >= 11 is 0. The van der Waals surface area contributed by atoms with Gasteiger partial charge in [-0.3, -0.25) is 0 Å². The van der Waals surface area contributed by atoms with Gasteiger partial charge in [0.2, 0.25) is 0 Å². The van der Waals surface area contributed by atoms with Gasteiger partial charge in [-0.2, -0.15) is 0 Å². The van der Waals surface area contributed by atoms with Crippen LogP contribution in [0.3, 0.4) is 0 Å². The van der Waals surface area contributed by atoms with Gasteiger partial charge in [-0.1, -0.05) is 45.4 Å². The highest BCUT2D eigenvalue weighted by Crippen LogP contribution is 2.36. The Labute approximate surface area is 144 Å². The summed E-state index contributed by atoms with van der Waals surface area (Å²) in [6, 6.07) is 0. The van der Waals surface area contributed by atoms with Crippen LogP contribution in [0, 0.1) is 23.7 Å². The topological polar surface area (TPSA) is 18.5 Å². The van der Waals surface area contributed by atoms with Crippen molar-refractivity contribution in [2.24, 2.45) is 23.7 Å². The molecule has 0 saturated heterocycles. The Morgan fingerprint density at radius 2 is 1.04 bits per heavy atom. The van der Waals surface area contributed by atoms with Gasteiger partial charge >= 0.3 is 0 Å². The van der Waals surface area contributed by atoms with Crippen molar-refractivity contribution in [1.82, 2.24) is 0 Å². The third kappa shape index (κ3) is 7.56. The van der Waals surface area contributed by atoms with Crippen LogP contribution in [0.15, 0.2) is 0 Å². The quantitative estimate of drug-likeness (QED) is 0.470. The zero-order valence-corrected chi connectivity index (χ0v) is 15.7. The summed E-state index contributed by atoms with van der Waals surface area (Å²) in [7, 11) is 0. The Morgan fingerprint density at radius 3 is 1.48 bits per heavy atom. The van der Waals surface area contributed by atoms with Crippen LogP contribution in [0.2, 0.25) is 0 Å². The molecule has 2 aliphatic carbocycles. The van der Waals surface area contributed by atoms with E-state index in [9.17, 15) is 0 Å². The summed E-state index contributed by atoms with van der Waals surface area (Å²) in [4.78, 5) is 0. The van der Waals surface area contributed by atoms with E-state index < -0.39 is 0 Å². The molecule has 2 fully saturated rings. The molecular formula is C21H40O2. The minimum Gasteiger partial charge on any atom is -0.381 e. The lowest BCUT2D eigenvalue weighted by atomic mass is 9.76. The van der Waals surface area contributed by atoms with Gasteiger partial charge in [0.25, 0.3) is 0 Å². The van der Waals surface area contributed by atoms with E-state index in [4.69, 9.17) is 9.47 Å². The first-order valence-corrected chi connectivity index (χ1v) is 10.5. The fourth-order valence-electron chi connectivity index (χ4n) is 4.52. The lowest BCUT2D eigenvalue weighted by molar-refractivity contribution is 0.0740. The largest absolute Gasteiger partial charge is 0.381 e. The smallest absolute Gasteiger partial charge is 0.0494 e. The summed E-state index contributed by atoms with van der Waals surface area (Å²) in [5.74, 6) is 3.73. The number of rotatable bonds is 10. The van der Waals surface area contributed by atoms with Crippen LogP contribution in [0.1, 0.15) is 84.5 Å². The van der Waals surface area contributed by atoms with Crippen LogP contribution in [0.4, 0.5) is 0 Å². The summed E-state index contributed by atoms with van der Waals surface area (Å²) in [6.45, 7) is 8.16. The van der Waals surface area contributed by atoms with E-state index in [1.807, 2.05) is 0 Å². The van der Waals surface area contributed by atoms with E-state index in [1.54, 1.807) is 0 Å². The standard InChI is InChI=1S/C21H40O2/c1-3-15-23-17-21-13-9-19(10-14-21)6-5-18-7-11-20(12-8-18)16-22-4-2/h18-21H,3-17H2,1-2H3/t18-,19?,20-,21?. The van der Waals surface area contributed by atoms with E-state index in [0.717, 1.165) is 56.5 Å². The van der Waals surface area contributed by atoms with Crippen LogP contribution in [0.5, 0.6) is 0 Å². The summed E-state index contributed by atoms with van der Waals surface area (Å²) in [5, 5.41) is 0. The van der Waals surface area contributed by atoms with Crippen LogP contribution in [-0.4, -0.2) is 26.4 Å². The molecule has 2 aliphatic rings. The molecule has 2 nitrogen and oxygen atoms in total. The van der Waals surface area contributed by atoms with Crippen molar-refractivity contribution >= 4 is 0 Å². The van der Waals surface area contributed by atoms with Gasteiger partial charge < -0.3 is 9.47 Å². The molecule has 2 rings (SSSR count). The lowest BCUT2D eigenvalue weighted by Crippen LogP contribution is -2.21. The predicted octanol–water partition coefficient (Wildman–Crippen LogP) is 5.84. The minimum atomic E-state index is 0.852. The van der Waals surface area contributed by atoms with Gasteiger partial charge in [0, 0.05) is 26.4 Å². The Balaban J connectivity index is 1.51. The third-order valence-electron chi connectivity index (χ3n) is 6.18. The van der Waals surface area contributed by atoms with Crippen LogP contribution in [0.25, 0.3) is 0 Å². The van der Waals surface area contributed by atoms with E-state index >= 15 is 0 Å². The molecule has 0 amide bonds. The lowest BCUT2D eigenvalue weighted by Gasteiger charge is -2.32. The van der Waals surface area contributed by atoms with E-state index in [1.165, 1.54) is 64.2 Å². The number of ether oxygens (including phenoxy) is 2. The van der Waals surface area contributed by atoms with Gasteiger partial charge in [-0.25, -0.2) is 0 Å². The molecular weight excluding hydrogens is 284 g/mol. The average Bonchev–Trinajstić information content (AvgIpc) is 2.60. The Bertz CT molecular complexity index is 276. The van der Waals surface area contributed by atoms with Gasteiger partial charge in [-0.15, -0.1) is 0 Å². The molecule has 0 aromatic heterocycles. The van der Waals surface area contributed by atoms with Crippen LogP contribution < -0.4 is 0 Å². The number of hydrogen-bond donors (Lipinski definition) is 0. The molecule has 23 heavy (non-hydrogen) atoms. The summed E-state index contributed by atoms with van der Waals surface area (Å²) in [6.07, 6.45) is 15.6. The van der Waals surface area contributed by atoms with Crippen molar-refractivity contribution in [1.29, 1.82) is 0 Å². The first-order chi connectivity index (χ1) is 11.3. The van der Waals surface area contributed by atoms with E-state index in [-0.39, 0.29) is 0 Å². The molecule has 2 heteroatoms. The molecule has 0 spiro atoms. The van der Waals surface area contributed by atoms with Gasteiger partial charge in [0.15, 0.2) is 0 Å². The van der Waals surface area contributed by atoms with Crippen molar-refractivity contribution in [3.8, 4) is 0 Å². The fraction of sp³-hybridized carbons (Fsp3) is 1.00. The van der Waals surface area contributed by atoms with Crippen molar-refractivity contribution in [2.75, 3.05) is 26.4 Å². The van der Waals surface area contributed by atoms with Crippen molar-refractivity contribution in [2.45, 2.75) is 84.5 Å². The van der Waals surface area contributed by atoms with Gasteiger partial charge in [0.05, 0.1) is 0 Å². The van der Waals surface area contributed by atoms with Gasteiger partial charge in [0.1, 0.15) is 0 Å². The maximum Gasteiger partial charge on any atom is 0.0494 e. The zero-order chi connectivity index (χ0) is 16.3. The highest BCUT2D eigenvalue weighted by atomic mass is 16.5. The summed E-state index contributed by atoms with van der Waals surface area (Å²) < 4.78 is 11.3. The molecule has 136 valence electrons. The highest BCUT2D eigenvalue weighted by molar-refractivity contribution is 4.76. The molecule has 0 aromatic carbocycles. The molecule has 2 saturated carbocycles. The molecule has 0 heterocycles. The first kappa shape index (κ1) is 19.2. The second kappa shape index (κ2) is 11.5. The monoisotopic (exact) mass is 324 g/mol. The minimum absolute atomic E-state index is 0.852. The maximum absolute atomic E-state index is 5.74. The highest BCUT2D eigenvalue weighted by Gasteiger charge is 2.24. The maximum atomic E-state index is 5.74. The van der Waals surface area contributed by atoms with E-state index in [2.05, 4.69) is 13.8 Å². The van der Waals surface area contributed by atoms with Crippen molar-refractivity contribution < 1.29 is 9.47 Å². The zero-order valence-electron chi connectivity index (χ0n) is 15.7. The molecule has 0 unspecified atom stereocenters. The molecule has 0 radical (unpaired) electrons. The molecule has 0 aromatic rings. The molecule has 0 N–H and O–H groups in total. The second-order valence-corrected chi connectivity index (χ2v) is 8.09. The fourth-order valence-corrected chi connectivity index (χ4v) is 4.52. The normalized spacial score (nSPS) is 32.1. The van der Waals surface area contributed by atoms with E-state index in [0.29, 0.717) is 0 Å². The third-order valence-corrected chi connectivity index (χ3v) is 6.18. The van der Waals surface area contributed by atoms with Crippen molar-refractivity contribution in [3.63, 3.8) is 0 Å². The Hall–Kier alpha value is -0.0800. The number of hydrogen-bond acceptors (Lipinski definition) is 2. The van der Waals surface area contributed by atoms with Gasteiger partial charge in [-0.05, 0) is 62.7 Å². The second-order valence-electron chi connectivity index (χ2n) is 8.09. The van der Waals surface area contributed by atoms with Crippen molar-refractivity contribution in [3.05, 3.63) is 0 Å². The first-order valence-electron chi connectivity index (χ1n) is 10.5. The summed E-state index contributed by atoms with van der Waals surface area (Å²) in [5.41, 5.74) is 0. The molecule has 0 aliphatic heterocycles. The van der Waals surface area contributed by atoms with Crippen LogP contribution in [-0.2, 0) is 9.47 Å². The molecule has 0 atom stereocenters. The van der Waals surface area contributed by atoms with Crippen LogP contribution >= 0.6 is 0 Å². The predicted molar refractivity (Wildman–Crippen MR) is 97.7 cm³/mol. The average molecular weight is 325 g/mol. The molecule has 0 bridgehead atoms. The SMILES string of the molecule is CCCOCC1CCC(CC[C@H]2CC[C@H](COCC)CC2)CC1. The Kier molecular flexibility index (Phi) is 9.60. The Morgan fingerprint density at radius 1 is 0.609 bits per heavy atom.